The minimum atomic E-state index is 0.317. The smallest absolute Gasteiger partial charge is 0.0589 e. The maximum Gasteiger partial charge on any atom is 0.0589 e. The lowest BCUT2D eigenvalue weighted by Crippen LogP contribution is -2.49. The molecule has 0 saturated carbocycles. The van der Waals surface area contributed by atoms with Crippen molar-refractivity contribution in [3.63, 3.8) is 0 Å². The Morgan fingerprint density at radius 3 is 2.10 bits per heavy atom. The molecule has 0 unspecified atom stereocenters. The summed E-state index contributed by atoms with van der Waals surface area (Å²) in [4.78, 5) is 2.35. The molecule has 1 aliphatic heterocycles. The van der Waals surface area contributed by atoms with Gasteiger partial charge in [-0.3, -0.25) is 4.90 Å². The SMILES string of the molecule is CC(C)[C@@H](CO)N1CCC1. The van der Waals surface area contributed by atoms with Crippen molar-refractivity contribution in [1.82, 2.24) is 4.90 Å². The number of nitrogens with zero attached hydrogens (tertiary/aromatic N) is 1. The molecule has 1 N–H and O–H groups in total. The van der Waals surface area contributed by atoms with E-state index in [0.29, 0.717) is 18.6 Å². The van der Waals surface area contributed by atoms with Gasteiger partial charge in [-0.05, 0) is 25.4 Å². The van der Waals surface area contributed by atoms with Crippen molar-refractivity contribution >= 4 is 0 Å². The van der Waals surface area contributed by atoms with Gasteiger partial charge in [-0.2, -0.15) is 0 Å². The maximum absolute atomic E-state index is 8.99. The van der Waals surface area contributed by atoms with E-state index in [-0.39, 0.29) is 0 Å². The predicted octanol–water partition coefficient (Wildman–Crippen LogP) is 0.709. The highest BCUT2D eigenvalue weighted by molar-refractivity contribution is 4.79. The van der Waals surface area contributed by atoms with E-state index in [9.17, 15) is 0 Å². The van der Waals surface area contributed by atoms with E-state index in [1.165, 1.54) is 19.5 Å². The molecule has 1 rings (SSSR count). The second-order valence-electron chi connectivity index (χ2n) is 3.38. The minimum Gasteiger partial charge on any atom is -0.395 e. The molecule has 1 heterocycles. The van der Waals surface area contributed by atoms with Crippen molar-refractivity contribution in [1.29, 1.82) is 0 Å². The van der Waals surface area contributed by atoms with Crippen molar-refractivity contribution in [3.8, 4) is 0 Å². The summed E-state index contributed by atoms with van der Waals surface area (Å²) in [6.45, 7) is 7.02. The Labute approximate surface area is 62.8 Å². The molecule has 1 aliphatic rings. The molecule has 10 heavy (non-hydrogen) atoms. The molecule has 0 amide bonds. The Hall–Kier alpha value is -0.0800. The van der Waals surface area contributed by atoms with Crippen LogP contribution in [0.3, 0.4) is 0 Å². The van der Waals surface area contributed by atoms with Crippen LogP contribution in [0.4, 0.5) is 0 Å². The molecule has 1 fully saturated rings. The summed E-state index contributed by atoms with van der Waals surface area (Å²) in [5.74, 6) is 0.588. The van der Waals surface area contributed by atoms with Gasteiger partial charge in [0, 0.05) is 6.04 Å². The normalized spacial score (nSPS) is 22.8. The van der Waals surface area contributed by atoms with Crippen LogP contribution in [0.1, 0.15) is 20.3 Å². The van der Waals surface area contributed by atoms with Crippen LogP contribution < -0.4 is 0 Å². The lowest BCUT2D eigenvalue weighted by atomic mass is 10.00. The third-order valence-electron chi connectivity index (χ3n) is 2.32. The van der Waals surface area contributed by atoms with Gasteiger partial charge in [0.15, 0.2) is 0 Å². The molecule has 0 bridgehead atoms. The Bertz CT molecular complexity index is 99.4. The second kappa shape index (κ2) is 3.35. The van der Waals surface area contributed by atoms with Crippen LogP contribution >= 0.6 is 0 Å². The maximum atomic E-state index is 8.99. The molecule has 1 saturated heterocycles. The van der Waals surface area contributed by atoms with Gasteiger partial charge >= 0.3 is 0 Å². The number of rotatable bonds is 3. The summed E-state index contributed by atoms with van der Waals surface area (Å²) >= 11 is 0. The molecule has 0 aromatic carbocycles. The van der Waals surface area contributed by atoms with Gasteiger partial charge in [-0.1, -0.05) is 13.8 Å². The molecule has 60 valence electrons. The largest absolute Gasteiger partial charge is 0.395 e. The first-order chi connectivity index (χ1) is 4.75. The van der Waals surface area contributed by atoms with Crippen LogP contribution in [0, 0.1) is 5.92 Å². The van der Waals surface area contributed by atoms with Crippen LogP contribution in [0.25, 0.3) is 0 Å². The van der Waals surface area contributed by atoms with Crippen molar-refractivity contribution in [2.45, 2.75) is 26.3 Å². The topological polar surface area (TPSA) is 23.5 Å². The van der Waals surface area contributed by atoms with E-state index in [4.69, 9.17) is 5.11 Å². The van der Waals surface area contributed by atoms with E-state index in [0.717, 1.165) is 0 Å². The first-order valence-electron chi connectivity index (χ1n) is 4.10. The summed E-state index contributed by atoms with van der Waals surface area (Å²) in [7, 11) is 0. The summed E-state index contributed by atoms with van der Waals surface area (Å²) in [6.07, 6.45) is 1.31. The quantitative estimate of drug-likeness (QED) is 0.629. The predicted molar refractivity (Wildman–Crippen MR) is 41.9 cm³/mol. The minimum absolute atomic E-state index is 0.317. The Morgan fingerprint density at radius 2 is 2.00 bits per heavy atom. The van der Waals surface area contributed by atoms with Gasteiger partial charge in [0.1, 0.15) is 0 Å². The van der Waals surface area contributed by atoms with Gasteiger partial charge < -0.3 is 5.11 Å². The van der Waals surface area contributed by atoms with Crippen molar-refractivity contribution in [3.05, 3.63) is 0 Å². The molecule has 0 aromatic heterocycles. The zero-order valence-corrected chi connectivity index (χ0v) is 6.88. The number of aliphatic hydroxyl groups is 1. The fraction of sp³-hybridized carbons (Fsp3) is 1.00. The van der Waals surface area contributed by atoms with E-state index < -0.39 is 0 Å². The van der Waals surface area contributed by atoms with Crippen LogP contribution in [-0.2, 0) is 0 Å². The van der Waals surface area contributed by atoms with E-state index in [1.807, 2.05) is 0 Å². The van der Waals surface area contributed by atoms with Gasteiger partial charge in [-0.15, -0.1) is 0 Å². The average Bonchev–Trinajstić information content (AvgIpc) is 1.76. The molecule has 2 nitrogen and oxygen atoms in total. The first-order valence-corrected chi connectivity index (χ1v) is 4.10. The second-order valence-corrected chi connectivity index (χ2v) is 3.38. The first kappa shape index (κ1) is 8.02. The Balaban J connectivity index is 2.31. The molecule has 2 heteroatoms. The molecule has 0 radical (unpaired) electrons. The molecule has 0 aromatic rings. The van der Waals surface area contributed by atoms with Crippen LogP contribution in [0.5, 0.6) is 0 Å². The zero-order valence-electron chi connectivity index (χ0n) is 6.88. The van der Waals surface area contributed by atoms with Gasteiger partial charge in [0.25, 0.3) is 0 Å². The summed E-state index contributed by atoms with van der Waals surface area (Å²) in [5, 5.41) is 8.99. The van der Waals surface area contributed by atoms with Gasteiger partial charge in [0.05, 0.1) is 6.61 Å². The zero-order chi connectivity index (χ0) is 7.56. The number of hydrogen-bond acceptors (Lipinski definition) is 2. The number of likely N-dealkylation sites (tertiary alicyclic amines) is 1. The van der Waals surface area contributed by atoms with Gasteiger partial charge in [-0.25, -0.2) is 0 Å². The lowest BCUT2D eigenvalue weighted by Gasteiger charge is -2.39. The summed E-state index contributed by atoms with van der Waals surface area (Å²) < 4.78 is 0. The molecule has 0 spiro atoms. The average molecular weight is 143 g/mol. The fourth-order valence-corrected chi connectivity index (χ4v) is 1.42. The standard InChI is InChI=1S/C8H17NO/c1-7(2)8(6-10)9-4-3-5-9/h7-8,10H,3-6H2,1-2H3/t8-/m1/s1. The molecule has 0 aliphatic carbocycles. The van der Waals surface area contributed by atoms with Gasteiger partial charge in [0.2, 0.25) is 0 Å². The van der Waals surface area contributed by atoms with E-state index in [1.54, 1.807) is 0 Å². The van der Waals surface area contributed by atoms with Crippen LogP contribution in [-0.4, -0.2) is 35.7 Å². The van der Waals surface area contributed by atoms with Crippen molar-refractivity contribution < 1.29 is 5.11 Å². The fourth-order valence-electron chi connectivity index (χ4n) is 1.42. The van der Waals surface area contributed by atoms with Crippen LogP contribution in [0.15, 0.2) is 0 Å². The van der Waals surface area contributed by atoms with E-state index in [2.05, 4.69) is 18.7 Å². The highest BCUT2D eigenvalue weighted by Crippen LogP contribution is 2.16. The highest BCUT2D eigenvalue weighted by Gasteiger charge is 2.25. The number of hydrogen-bond donors (Lipinski definition) is 1. The molecular formula is C8H17NO. The summed E-state index contributed by atoms with van der Waals surface area (Å²) in [6, 6.07) is 0.411. The van der Waals surface area contributed by atoms with Crippen molar-refractivity contribution in [2.24, 2.45) is 5.92 Å². The summed E-state index contributed by atoms with van der Waals surface area (Å²) in [5.41, 5.74) is 0. The Morgan fingerprint density at radius 1 is 1.40 bits per heavy atom. The lowest BCUT2D eigenvalue weighted by molar-refractivity contribution is 0.0452. The van der Waals surface area contributed by atoms with Crippen molar-refractivity contribution in [2.75, 3.05) is 19.7 Å². The Kier molecular flexibility index (Phi) is 2.69. The van der Waals surface area contributed by atoms with E-state index >= 15 is 0 Å². The third kappa shape index (κ3) is 1.50. The third-order valence-corrected chi connectivity index (χ3v) is 2.32. The molecular weight excluding hydrogens is 126 g/mol. The van der Waals surface area contributed by atoms with Crippen LogP contribution in [0.2, 0.25) is 0 Å². The molecule has 1 atom stereocenters. The number of aliphatic hydroxyl groups excluding tert-OH is 1. The highest BCUT2D eigenvalue weighted by atomic mass is 16.3. The monoisotopic (exact) mass is 143 g/mol.